The van der Waals surface area contributed by atoms with E-state index in [9.17, 15) is 18.3 Å². The molecular formula is C14H14N2O4S. The van der Waals surface area contributed by atoms with Crippen LogP contribution in [0.1, 0.15) is 15.9 Å². The van der Waals surface area contributed by atoms with Crippen LogP contribution in [0.3, 0.4) is 0 Å². The number of benzene rings is 2. The highest BCUT2D eigenvalue weighted by molar-refractivity contribution is 7.92. The molecule has 0 fully saturated rings. The fourth-order valence-electron chi connectivity index (χ4n) is 1.75. The summed E-state index contributed by atoms with van der Waals surface area (Å²) in [5.74, 6) is -0.928. The van der Waals surface area contributed by atoms with Crippen molar-refractivity contribution >= 4 is 21.6 Å². The smallest absolute Gasteiger partial charge is 0.265 e. The molecule has 1 amide bonds. The predicted octanol–water partition coefficient (Wildman–Crippen LogP) is 1.60. The van der Waals surface area contributed by atoms with Crippen LogP contribution in [0.25, 0.3) is 0 Å². The third kappa shape index (κ3) is 3.32. The highest BCUT2D eigenvalue weighted by Crippen LogP contribution is 2.25. The van der Waals surface area contributed by atoms with E-state index in [1.807, 2.05) is 0 Å². The first-order valence-corrected chi connectivity index (χ1v) is 7.50. The van der Waals surface area contributed by atoms with E-state index in [1.165, 1.54) is 36.4 Å². The number of anilines is 1. The maximum absolute atomic E-state index is 12.2. The molecule has 0 aliphatic heterocycles. The molecule has 0 spiro atoms. The molecule has 0 heterocycles. The van der Waals surface area contributed by atoms with Crippen molar-refractivity contribution in [2.24, 2.45) is 5.73 Å². The van der Waals surface area contributed by atoms with Crippen molar-refractivity contribution < 1.29 is 18.3 Å². The molecule has 2 aromatic carbocycles. The van der Waals surface area contributed by atoms with Crippen LogP contribution in [-0.4, -0.2) is 19.4 Å². The molecule has 110 valence electrons. The van der Waals surface area contributed by atoms with E-state index in [-0.39, 0.29) is 21.9 Å². The molecule has 21 heavy (non-hydrogen) atoms. The van der Waals surface area contributed by atoms with Crippen LogP contribution in [0.2, 0.25) is 0 Å². The lowest BCUT2D eigenvalue weighted by Gasteiger charge is -2.10. The Kier molecular flexibility index (Phi) is 3.86. The normalized spacial score (nSPS) is 11.1. The Balaban J connectivity index is 2.33. The number of carbonyl (C=O) groups is 1. The average Bonchev–Trinajstić information content (AvgIpc) is 2.41. The van der Waals surface area contributed by atoms with Crippen LogP contribution >= 0.6 is 0 Å². The molecule has 7 heteroatoms. The largest absolute Gasteiger partial charge is 0.507 e. The molecule has 0 saturated carbocycles. The minimum absolute atomic E-state index is 0.207. The van der Waals surface area contributed by atoms with Gasteiger partial charge in [-0.25, -0.2) is 8.42 Å². The van der Waals surface area contributed by atoms with Crippen molar-refractivity contribution in [1.29, 1.82) is 0 Å². The zero-order valence-electron chi connectivity index (χ0n) is 11.2. The van der Waals surface area contributed by atoms with Crippen LogP contribution in [0, 0.1) is 6.92 Å². The Morgan fingerprint density at radius 3 is 2.33 bits per heavy atom. The standard InChI is InChI=1S/C14H14N2O4S/c1-9-2-7-12(17)13(8-9)21(19,20)16-11-5-3-10(4-6-11)14(15)18/h2-8,16-17H,1H3,(H2,15,18). The number of nitrogens with one attached hydrogen (secondary N) is 1. The Bertz CT molecular complexity index is 783. The zero-order valence-corrected chi connectivity index (χ0v) is 12.0. The quantitative estimate of drug-likeness (QED) is 0.797. The van der Waals surface area contributed by atoms with Gasteiger partial charge in [-0.05, 0) is 48.9 Å². The lowest BCUT2D eigenvalue weighted by Crippen LogP contribution is -2.14. The summed E-state index contributed by atoms with van der Waals surface area (Å²) in [4.78, 5) is 10.7. The summed E-state index contributed by atoms with van der Waals surface area (Å²) < 4.78 is 26.8. The second kappa shape index (κ2) is 5.45. The van der Waals surface area contributed by atoms with Crippen molar-refractivity contribution in [3.63, 3.8) is 0 Å². The first-order chi connectivity index (χ1) is 9.79. The third-order valence-corrected chi connectivity index (χ3v) is 4.24. The average molecular weight is 306 g/mol. The SMILES string of the molecule is Cc1ccc(O)c(S(=O)(=O)Nc2ccc(C(N)=O)cc2)c1. The number of nitrogens with two attached hydrogens (primary N) is 1. The second-order valence-corrected chi connectivity index (χ2v) is 6.17. The predicted molar refractivity (Wildman–Crippen MR) is 78.6 cm³/mol. The minimum Gasteiger partial charge on any atom is -0.507 e. The van der Waals surface area contributed by atoms with Crippen molar-refractivity contribution in [1.82, 2.24) is 0 Å². The maximum Gasteiger partial charge on any atom is 0.265 e. The molecule has 0 bridgehead atoms. The molecule has 0 aliphatic carbocycles. The second-order valence-electron chi connectivity index (χ2n) is 4.52. The molecule has 4 N–H and O–H groups in total. The molecule has 2 aromatic rings. The number of sulfonamides is 1. The summed E-state index contributed by atoms with van der Waals surface area (Å²) in [6.45, 7) is 1.72. The van der Waals surface area contributed by atoms with Gasteiger partial charge in [0.25, 0.3) is 10.0 Å². The molecule has 0 aromatic heterocycles. The van der Waals surface area contributed by atoms with Crippen LogP contribution in [0.5, 0.6) is 5.75 Å². The summed E-state index contributed by atoms with van der Waals surface area (Å²) in [7, 11) is -3.92. The summed E-state index contributed by atoms with van der Waals surface area (Å²) in [5.41, 5.74) is 6.35. The van der Waals surface area contributed by atoms with E-state index in [0.29, 0.717) is 5.56 Å². The fourth-order valence-corrected chi connectivity index (χ4v) is 2.99. The number of carbonyl (C=O) groups excluding carboxylic acids is 1. The van der Waals surface area contributed by atoms with E-state index in [1.54, 1.807) is 13.0 Å². The molecule has 0 saturated heterocycles. The molecule has 0 aliphatic rings. The van der Waals surface area contributed by atoms with Crippen LogP contribution in [0.4, 0.5) is 5.69 Å². The van der Waals surface area contributed by atoms with E-state index >= 15 is 0 Å². The van der Waals surface area contributed by atoms with Gasteiger partial charge in [-0.2, -0.15) is 0 Å². The third-order valence-electron chi connectivity index (χ3n) is 2.83. The number of aromatic hydroxyl groups is 1. The Labute approximate surface area is 122 Å². The number of rotatable bonds is 4. The van der Waals surface area contributed by atoms with Gasteiger partial charge in [0.05, 0.1) is 0 Å². The topological polar surface area (TPSA) is 109 Å². The van der Waals surface area contributed by atoms with E-state index in [0.717, 1.165) is 0 Å². The van der Waals surface area contributed by atoms with Gasteiger partial charge in [-0.1, -0.05) is 6.07 Å². The summed E-state index contributed by atoms with van der Waals surface area (Å²) in [5, 5.41) is 9.69. The van der Waals surface area contributed by atoms with E-state index < -0.39 is 15.9 Å². The van der Waals surface area contributed by atoms with Gasteiger partial charge < -0.3 is 10.8 Å². The first-order valence-electron chi connectivity index (χ1n) is 6.02. The number of hydrogen-bond acceptors (Lipinski definition) is 4. The highest BCUT2D eigenvalue weighted by atomic mass is 32.2. The van der Waals surface area contributed by atoms with Crippen molar-refractivity contribution in [3.8, 4) is 5.75 Å². The highest BCUT2D eigenvalue weighted by Gasteiger charge is 2.19. The van der Waals surface area contributed by atoms with Gasteiger partial charge >= 0.3 is 0 Å². The van der Waals surface area contributed by atoms with Gasteiger partial charge in [0.1, 0.15) is 10.6 Å². The van der Waals surface area contributed by atoms with Crippen LogP contribution < -0.4 is 10.5 Å². The van der Waals surface area contributed by atoms with Gasteiger partial charge in [0.15, 0.2) is 0 Å². The molecule has 0 radical (unpaired) electrons. The van der Waals surface area contributed by atoms with Gasteiger partial charge in [-0.15, -0.1) is 0 Å². The molecule has 2 rings (SSSR count). The number of phenols is 1. The molecule has 0 unspecified atom stereocenters. The van der Waals surface area contributed by atoms with Crippen molar-refractivity contribution in [3.05, 3.63) is 53.6 Å². The first kappa shape index (κ1) is 14.9. The summed E-state index contributed by atoms with van der Waals surface area (Å²) in [6.07, 6.45) is 0. The van der Waals surface area contributed by atoms with Crippen molar-refractivity contribution in [2.45, 2.75) is 11.8 Å². The lowest BCUT2D eigenvalue weighted by molar-refractivity contribution is 0.100. The summed E-state index contributed by atoms with van der Waals surface area (Å²) in [6, 6.07) is 9.97. The van der Waals surface area contributed by atoms with Crippen molar-refractivity contribution in [2.75, 3.05) is 4.72 Å². The molecule has 6 nitrogen and oxygen atoms in total. The fraction of sp³-hybridized carbons (Fsp3) is 0.0714. The number of aryl methyl sites for hydroxylation is 1. The van der Waals surface area contributed by atoms with Gasteiger partial charge in [-0.3, -0.25) is 9.52 Å². The van der Waals surface area contributed by atoms with Gasteiger partial charge in [0, 0.05) is 11.3 Å². The maximum atomic E-state index is 12.2. The molecular weight excluding hydrogens is 292 g/mol. The Hall–Kier alpha value is -2.54. The Morgan fingerprint density at radius 2 is 1.76 bits per heavy atom. The number of primary amides is 1. The number of hydrogen-bond donors (Lipinski definition) is 3. The van der Waals surface area contributed by atoms with E-state index in [4.69, 9.17) is 5.73 Å². The van der Waals surface area contributed by atoms with Crippen LogP contribution in [-0.2, 0) is 10.0 Å². The summed E-state index contributed by atoms with van der Waals surface area (Å²) >= 11 is 0. The number of phenolic OH excluding ortho intramolecular Hbond substituents is 1. The zero-order chi connectivity index (χ0) is 15.6. The monoisotopic (exact) mass is 306 g/mol. The molecule has 0 atom stereocenters. The van der Waals surface area contributed by atoms with Gasteiger partial charge in [0.2, 0.25) is 5.91 Å². The lowest BCUT2D eigenvalue weighted by atomic mass is 10.2. The minimum atomic E-state index is -3.92. The Morgan fingerprint density at radius 1 is 1.14 bits per heavy atom. The van der Waals surface area contributed by atoms with Crippen LogP contribution in [0.15, 0.2) is 47.4 Å². The van der Waals surface area contributed by atoms with E-state index in [2.05, 4.69) is 4.72 Å². The number of amides is 1.